The number of benzene rings is 1. The van der Waals surface area contributed by atoms with Gasteiger partial charge in [-0.2, -0.15) is 0 Å². The van der Waals surface area contributed by atoms with Crippen molar-refractivity contribution in [2.24, 2.45) is 5.92 Å². The van der Waals surface area contributed by atoms with Crippen LogP contribution in [0, 0.1) is 19.8 Å². The van der Waals surface area contributed by atoms with Crippen molar-refractivity contribution >= 4 is 11.5 Å². The minimum absolute atomic E-state index is 0.438. The fourth-order valence-corrected chi connectivity index (χ4v) is 2.41. The molecule has 0 spiro atoms. The minimum Gasteiger partial charge on any atom is -0.478 e. The highest BCUT2D eigenvalue weighted by molar-refractivity contribution is 5.91. The molecule has 1 saturated carbocycles. The van der Waals surface area contributed by atoms with E-state index in [1.165, 1.54) is 23.6 Å². The standard InChI is InChI=1S/C15H18O2/c1-10-6-7-13(11(2)8-10)14(9-15(16)17)12-4-3-5-12/h6-9,12H,3-5H2,1-2H3,(H,16,17)/b14-9+. The Morgan fingerprint density at radius 3 is 2.53 bits per heavy atom. The van der Waals surface area contributed by atoms with Gasteiger partial charge in [0.15, 0.2) is 0 Å². The molecular weight excluding hydrogens is 212 g/mol. The van der Waals surface area contributed by atoms with Gasteiger partial charge >= 0.3 is 5.97 Å². The summed E-state index contributed by atoms with van der Waals surface area (Å²) in [7, 11) is 0. The van der Waals surface area contributed by atoms with Crippen molar-refractivity contribution in [3.05, 3.63) is 41.0 Å². The van der Waals surface area contributed by atoms with Gasteiger partial charge in [0.1, 0.15) is 0 Å². The summed E-state index contributed by atoms with van der Waals surface area (Å²) in [6.45, 7) is 4.11. The third-order valence-corrected chi connectivity index (χ3v) is 3.52. The highest BCUT2D eigenvalue weighted by Gasteiger charge is 2.24. The number of hydrogen-bond donors (Lipinski definition) is 1. The van der Waals surface area contributed by atoms with E-state index in [4.69, 9.17) is 5.11 Å². The predicted molar refractivity (Wildman–Crippen MR) is 68.9 cm³/mol. The summed E-state index contributed by atoms with van der Waals surface area (Å²) in [5.74, 6) is -0.403. The Bertz CT molecular complexity index is 468. The van der Waals surface area contributed by atoms with Gasteiger partial charge in [-0.25, -0.2) is 4.79 Å². The first-order chi connectivity index (χ1) is 8.08. The van der Waals surface area contributed by atoms with Crippen LogP contribution in [0.25, 0.3) is 5.57 Å². The fourth-order valence-electron chi connectivity index (χ4n) is 2.41. The Labute approximate surface area is 102 Å². The van der Waals surface area contributed by atoms with Crippen molar-refractivity contribution in [1.29, 1.82) is 0 Å². The molecule has 1 aromatic carbocycles. The molecule has 2 heteroatoms. The number of carboxylic acids is 1. The van der Waals surface area contributed by atoms with E-state index in [2.05, 4.69) is 32.0 Å². The van der Waals surface area contributed by atoms with Crippen molar-refractivity contribution in [2.45, 2.75) is 33.1 Å². The molecule has 0 radical (unpaired) electrons. The molecule has 2 nitrogen and oxygen atoms in total. The second-order valence-electron chi connectivity index (χ2n) is 4.88. The number of carbonyl (C=O) groups is 1. The quantitative estimate of drug-likeness (QED) is 0.806. The molecule has 0 heterocycles. The zero-order valence-electron chi connectivity index (χ0n) is 10.4. The molecule has 0 aliphatic heterocycles. The van der Waals surface area contributed by atoms with Gasteiger partial charge < -0.3 is 5.11 Å². The molecule has 0 unspecified atom stereocenters. The van der Waals surface area contributed by atoms with Gasteiger partial charge in [-0.05, 0) is 49.3 Å². The summed E-state index contributed by atoms with van der Waals surface area (Å²) in [5, 5.41) is 8.98. The van der Waals surface area contributed by atoms with E-state index in [1.807, 2.05) is 0 Å². The first-order valence-corrected chi connectivity index (χ1v) is 6.10. The van der Waals surface area contributed by atoms with E-state index in [9.17, 15) is 4.79 Å². The van der Waals surface area contributed by atoms with Gasteiger partial charge in [0.05, 0.1) is 0 Å². The Morgan fingerprint density at radius 2 is 2.06 bits per heavy atom. The van der Waals surface area contributed by atoms with Gasteiger partial charge in [0, 0.05) is 6.08 Å². The van der Waals surface area contributed by atoms with Crippen LogP contribution < -0.4 is 0 Å². The smallest absolute Gasteiger partial charge is 0.328 e. The molecule has 1 N–H and O–H groups in total. The lowest BCUT2D eigenvalue weighted by Crippen LogP contribution is -2.15. The minimum atomic E-state index is -0.841. The maximum absolute atomic E-state index is 10.9. The van der Waals surface area contributed by atoms with Gasteiger partial charge in [-0.15, -0.1) is 0 Å². The van der Waals surface area contributed by atoms with Gasteiger partial charge in [0.2, 0.25) is 0 Å². The maximum Gasteiger partial charge on any atom is 0.328 e. The monoisotopic (exact) mass is 230 g/mol. The topological polar surface area (TPSA) is 37.3 Å². The summed E-state index contributed by atoms with van der Waals surface area (Å²) in [6.07, 6.45) is 4.84. The van der Waals surface area contributed by atoms with Crippen LogP contribution in [0.2, 0.25) is 0 Å². The van der Waals surface area contributed by atoms with Gasteiger partial charge in [0.25, 0.3) is 0 Å². The molecule has 0 aromatic heterocycles. The molecule has 0 atom stereocenters. The van der Waals surface area contributed by atoms with Crippen molar-refractivity contribution in [2.75, 3.05) is 0 Å². The molecular formula is C15H18O2. The Morgan fingerprint density at radius 1 is 1.35 bits per heavy atom. The van der Waals surface area contributed by atoms with Crippen LogP contribution in [0.15, 0.2) is 24.3 Å². The van der Waals surface area contributed by atoms with Crippen LogP contribution in [0.1, 0.15) is 36.0 Å². The molecule has 1 fully saturated rings. The first kappa shape index (κ1) is 11.9. The summed E-state index contributed by atoms with van der Waals surface area (Å²) in [5.41, 5.74) is 4.49. The summed E-state index contributed by atoms with van der Waals surface area (Å²) in [6, 6.07) is 6.22. The van der Waals surface area contributed by atoms with Crippen molar-refractivity contribution in [3.63, 3.8) is 0 Å². The highest BCUT2D eigenvalue weighted by atomic mass is 16.4. The van der Waals surface area contributed by atoms with E-state index in [-0.39, 0.29) is 0 Å². The first-order valence-electron chi connectivity index (χ1n) is 6.10. The number of aliphatic carboxylic acids is 1. The fraction of sp³-hybridized carbons (Fsp3) is 0.400. The van der Waals surface area contributed by atoms with Crippen molar-refractivity contribution in [3.8, 4) is 0 Å². The Kier molecular flexibility index (Phi) is 3.32. The molecule has 2 rings (SSSR count). The Balaban J connectivity index is 2.41. The summed E-state index contributed by atoms with van der Waals surface area (Å²) >= 11 is 0. The molecule has 0 bridgehead atoms. The van der Waals surface area contributed by atoms with E-state index >= 15 is 0 Å². The predicted octanol–water partition coefficient (Wildman–Crippen LogP) is 3.57. The third-order valence-electron chi connectivity index (χ3n) is 3.52. The largest absolute Gasteiger partial charge is 0.478 e. The van der Waals surface area contributed by atoms with Gasteiger partial charge in [-0.3, -0.25) is 0 Å². The number of carboxylic acid groups (broad SMARTS) is 1. The lowest BCUT2D eigenvalue weighted by Gasteiger charge is -2.29. The van der Waals surface area contributed by atoms with E-state index < -0.39 is 5.97 Å². The van der Waals surface area contributed by atoms with Crippen molar-refractivity contribution < 1.29 is 9.90 Å². The SMILES string of the molecule is Cc1ccc(/C(=C/C(=O)O)C2CCC2)c(C)c1. The average Bonchev–Trinajstić information content (AvgIpc) is 2.13. The van der Waals surface area contributed by atoms with Crippen LogP contribution >= 0.6 is 0 Å². The number of aryl methyl sites for hydroxylation is 2. The highest BCUT2D eigenvalue weighted by Crippen LogP contribution is 2.39. The molecule has 1 aromatic rings. The summed E-state index contributed by atoms with van der Waals surface area (Å²) < 4.78 is 0. The number of allylic oxidation sites excluding steroid dienone is 1. The molecule has 17 heavy (non-hydrogen) atoms. The second-order valence-corrected chi connectivity index (χ2v) is 4.88. The maximum atomic E-state index is 10.9. The van der Waals surface area contributed by atoms with Crippen LogP contribution in [0.4, 0.5) is 0 Å². The summed E-state index contributed by atoms with van der Waals surface area (Å²) in [4.78, 5) is 10.9. The van der Waals surface area contributed by atoms with Crippen LogP contribution in [-0.4, -0.2) is 11.1 Å². The Hall–Kier alpha value is -1.57. The lowest BCUT2D eigenvalue weighted by atomic mass is 9.76. The van der Waals surface area contributed by atoms with E-state index in [0.29, 0.717) is 5.92 Å². The van der Waals surface area contributed by atoms with E-state index in [0.717, 1.165) is 24.0 Å². The number of rotatable bonds is 3. The average molecular weight is 230 g/mol. The van der Waals surface area contributed by atoms with Crippen LogP contribution in [0.5, 0.6) is 0 Å². The van der Waals surface area contributed by atoms with Crippen molar-refractivity contribution in [1.82, 2.24) is 0 Å². The van der Waals surface area contributed by atoms with Gasteiger partial charge in [-0.1, -0.05) is 30.2 Å². The molecule has 0 saturated heterocycles. The van der Waals surface area contributed by atoms with E-state index in [1.54, 1.807) is 0 Å². The third kappa shape index (κ3) is 2.57. The zero-order valence-corrected chi connectivity index (χ0v) is 10.4. The second kappa shape index (κ2) is 4.74. The number of hydrogen-bond acceptors (Lipinski definition) is 1. The molecule has 90 valence electrons. The molecule has 1 aliphatic carbocycles. The molecule has 0 amide bonds. The van der Waals surface area contributed by atoms with Crippen LogP contribution in [0.3, 0.4) is 0 Å². The zero-order chi connectivity index (χ0) is 12.4. The molecule has 1 aliphatic rings. The van der Waals surface area contributed by atoms with Crippen LogP contribution in [-0.2, 0) is 4.79 Å². The normalized spacial score (nSPS) is 16.7. The lowest BCUT2D eigenvalue weighted by molar-refractivity contribution is -0.131.